The van der Waals surface area contributed by atoms with Crippen molar-refractivity contribution in [3.05, 3.63) is 29.3 Å². The molecule has 1 heterocycles. The van der Waals surface area contributed by atoms with Crippen LogP contribution in [0.15, 0.2) is 18.2 Å². The fourth-order valence-electron chi connectivity index (χ4n) is 1.85. The molecular formula is C11H13NO2. The van der Waals surface area contributed by atoms with Gasteiger partial charge in [-0.15, -0.1) is 0 Å². The number of fused-ring (bicyclic) bond motifs is 1. The molecule has 1 atom stereocenters. The van der Waals surface area contributed by atoms with Gasteiger partial charge in [0.25, 0.3) is 0 Å². The van der Waals surface area contributed by atoms with Gasteiger partial charge < -0.3 is 10.4 Å². The Hall–Kier alpha value is -1.51. The minimum Gasteiger partial charge on any atom is -0.478 e. The second-order valence-electron chi connectivity index (χ2n) is 3.73. The van der Waals surface area contributed by atoms with Crippen molar-refractivity contribution < 1.29 is 9.90 Å². The maximum atomic E-state index is 10.9. The number of carboxylic acids is 1. The second kappa shape index (κ2) is 3.33. The van der Waals surface area contributed by atoms with Crippen molar-refractivity contribution in [3.63, 3.8) is 0 Å². The maximum absolute atomic E-state index is 10.9. The van der Waals surface area contributed by atoms with E-state index in [1.54, 1.807) is 12.1 Å². The monoisotopic (exact) mass is 191 g/mol. The Morgan fingerprint density at radius 1 is 1.57 bits per heavy atom. The molecule has 0 saturated carbocycles. The molecule has 3 heteroatoms. The standard InChI is InChI=1S/C11H13NO2/c1-7-5-6-8-3-2-4-9(11(13)14)10(8)12-7/h2-4,7,12H,5-6H2,1H3,(H,13,14)/t7-/m1/s1. The van der Waals surface area contributed by atoms with Crippen molar-refractivity contribution in [1.29, 1.82) is 0 Å². The molecule has 0 aromatic heterocycles. The van der Waals surface area contributed by atoms with E-state index in [0.717, 1.165) is 24.1 Å². The van der Waals surface area contributed by atoms with Crippen molar-refractivity contribution in [2.45, 2.75) is 25.8 Å². The average Bonchev–Trinajstić information content (AvgIpc) is 2.16. The first-order valence-electron chi connectivity index (χ1n) is 4.80. The topological polar surface area (TPSA) is 49.3 Å². The molecule has 3 nitrogen and oxygen atoms in total. The first kappa shape index (κ1) is 9.06. The van der Waals surface area contributed by atoms with Gasteiger partial charge in [0, 0.05) is 6.04 Å². The van der Waals surface area contributed by atoms with Crippen molar-refractivity contribution in [2.24, 2.45) is 0 Å². The average molecular weight is 191 g/mol. The highest BCUT2D eigenvalue weighted by molar-refractivity contribution is 5.95. The molecule has 1 aromatic rings. The molecule has 74 valence electrons. The smallest absolute Gasteiger partial charge is 0.337 e. The lowest BCUT2D eigenvalue weighted by Gasteiger charge is -2.25. The number of hydrogen-bond acceptors (Lipinski definition) is 2. The van der Waals surface area contributed by atoms with Gasteiger partial charge in [0.1, 0.15) is 0 Å². The van der Waals surface area contributed by atoms with Crippen LogP contribution in [0.2, 0.25) is 0 Å². The number of aryl methyl sites for hydroxylation is 1. The predicted molar refractivity (Wildman–Crippen MR) is 54.8 cm³/mol. The van der Waals surface area contributed by atoms with Gasteiger partial charge in [-0.3, -0.25) is 0 Å². The van der Waals surface area contributed by atoms with Crippen LogP contribution in [-0.4, -0.2) is 17.1 Å². The minimum atomic E-state index is -0.858. The van der Waals surface area contributed by atoms with Crippen molar-refractivity contribution >= 4 is 11.7 Å². The highest BCUT2D eigenvalue weighted by Crippen LogP contribution is 2.28. The van der Waals surface area contributed by atoms with Crippen molar-refractivity contribution in [2.75, 3.05) is 5.32 Å². The van der Waals surface area contributed by atoms with Crippen molar-refractivity contribution in [1.82, 2.24) is 0 Å². The van der Waals surface area contributed by atoms with Gasteiger partial charge in [0.05, 0.1) is 11.3 Å². The highest BCUT2D eigenvalue weighted by atomic mass is 16.4. The quantitative estimate of drug-likeness (QED) is 0.715. The fourth-order valence-corrected chi connectivity index (χ4v) is 1.85. The Morgan fingerprint density at radius 2 is 2.36 bits per heavy atom. The van der Waals surface area contributed by atoms with Crippen LogP contribution in [0.3, 0.4) is 0 Å². The van der Waals surface area contributed by atoms with Gasteiger partial charge >= 0.3 is 5.97 Å². The van der Waals surface area contributed by atoms with Crippen LogP contribution in [0.1, 0.15) is 29.3 Å². The highest BCUT2D eigenvalue weighted by Gasteiger charge is 2.19. The van der Waals surface area contributed by atoms with E-state index in [1.165, 1.54) is 0 Å². The number of nitrogens with one attached hydrogen (secondary N) is 1. The van der Waals surface area contributed by atoms with Gasteiger partial charge in [0.2, 0.25) is 0 Å². The number of benzene rings is 1. The zero-order chi connectivity index (χ0) is 10.1. The van der Waals surface area contributed by atoms with Gasteiger partial charge in [0.15, 0.2) is 0 Å². The third kappa shape index (κ3) is 1.45. The summed E-state index contributed by atoms with van der Waals surface area (Å²) in [5.41, 5.74) is 2.30. The molecule has 0 fully saturated rings. The van der Waals surface area contributed by atoms with Crippen LogP contribution in [0.5, 0.6) is 0 Å². The molecule has 1 aromatic carbocycles. The number of carboxylic acid groups (broad SMARTS) is 1. The molecule has 0 spiro atoms. The third-order valence-electron chi connectivity index (χ3n) is 2.62. The largest absolute Gasteiger partial charge is 0.478 e. The predicted octanol–water partition coefficient (Wildman–Crippen LogP) is 2.13. The SMILES string of the molecule is C[C@@H]1CCc2cccc(C(=O)O)c2N1. The first-order chi connectivity index (χ1) is 6.68. The summed E-state index contributed by atoms with van der Waals surface area (Å²) in [6.07, 6.45) is 2.03. The number of rotatable bonds is 1. The molecule has 0 aliphatic carbocycles. The number of aromatic carboxylic acids is 1. The molecule has 1 aliphatic heterocycles. The number of carbonyl (C=O) groups is 1. The third-order valence-corrected chi connectivity index (χ3v) is 2.62. The summed E-state index contributed by atoms with van der Waals surface area (Å²) in [7, 11) is 0. The Balaban J connectivity index is 2.48. The van der Waals surface area contributed by atoms with Crippen LogP contribution in [0.25, 0.3) is 0 Å². The zero-order valence-electron chi connectivity index (χ0n) is 8.08. The molecule has 1 aliphatic rings. The lowest BCUT2D eigenvalue weighted by molar-refractivity contribution is 0.0697. The fraction of sp³-hybridized carbons (Fsp3) is 0.364. The van der Waals surface area contributed by atoms with E-state index >= 15 is 0 Å². The molecule has 0 saturated heterocycles. The molecule has 0 radical (unpaired) electrons. The maximum Gasteiger partial charge on any atom is 0.337 e. The lowest BCUT2D eigenvalue weighted by atomic mass is 9.96. The molecular weight excluding hydrogens is 178 g/mol. The normalized spacial score (nSPS) is 19.6. The van der Waals surface area contributed by atoms with Crippen LogP contribution < -0.4 is 5.32 Å². The zero-order valence-corrected chi connectivity index (χ0v) is 8.08. The molecule has 0 unspecified atom stereocenters. The molecule has 0 bridgehead atoms. The van der Waals surface area contributed by atoms with Gasteiger partial charge in [-0.05, 0) is 31.4 Å². The Morgan fingerprint density at radius 3 is 3.07 bits per heavy atom. The molecule has 0 amide bonds. The van der Waals surface area contributed by atoms with Crippen LogP contribution in [0.4, 0.5) is 5.69 Å². The van der Waals surface area contributed by atoms with E-state index < -0.39 is 5.97 Å². The molecule has 2 rings (SSSR count). The van der Waals surface area contributed by atoms with Gasteiger partial charge in [-0.2, -0.15) is 0 Å². The van der Waals surface area contributed by atoms with E-state index in [1.807, 2.05) is 6.07 Å². The van der Waals surface area contributed by atoms with Crippen LogP contribution in [-0.2, 0) is 6.42 Å². The van der Waals surface area contributed by atoms with E-state index in [-0.39, 0.29) is 0 Å². The lowest BCUT2D eigenvalue weighted by Crippen LogP contribution is -2.23. The summed E-state index contributed by atoms with van der Waals surface area (Å²) < 4.78 is 0. The van der Waals surface area contributed by atoms with Gasteiger partial charge in [-0.1, -0.05) is 12.1 Å². The van der Waals surface area contributed by atoms with E-state index in [9.17, 15) is 4.79 Å². The van der Waals surface area contributed by atoms with E-state index in [0.29, 0.717) is 11.6 Å². The van der Waals surface area contributed by atoms with Crippen LogP contribution in [0, 0.1) is 0 Å². The Kier molecular flexibility index (Phi) is 2.15. The number of para-hydroxylation sites is 1. The molecule has 14 heavy (non-hydrogen) atoms. The Bertz CT molecular complexity index is 374. The summed E-state index contributed by atoms with van der Waals surface area (Å²) in [6, 6.07) is 5.80. The summed E-state index contributed by atoms with van der Waals surface area (Å²) in [4.78, 5) is 10.9. The van der Waals surface area contributed by atoms with E-state index in [4.69, 9.17) is 5.11 Å². The number of anilines is 1. The van der Waals surface area contributed by atoms with Crippen molar-refractivity contribution in [3.8, 4) is 0 Å². The summed E-state index contributed by atoms with van der Waals surface area (Å²) in [5.74, 6) is -0.858. The Labute approximate surface area is 82.8 Å². The molecule has 2 N–H and O–H groups in total. The minimum absolute atomic E-state index is 0.364. The summed E-state index contributed by atoms with van der Waals surface area (Å²) in [6.45, 7) is 2.07. The van der Waals surface area contributed by atoms with Crippen LogP contribution >= 0.6 is 0 Å². The van der Waals surface area contributed by atoms with Gasteiger partial charge in [-0.25, -0.2) is 4.79 Å². The first-order valence-corrected chi connectivity index (χ1v) is 4.80. The summed E-state index contributed by atoms with van der Waals surface area (Å²) >= 11 is 0. The van der Waals surface area contributed by atoms with E-state index in [2.05, 4.69) is 12.2 Å². The second-order valence-corrected chi connectivity index (χ2v) is 3.73. The number of hydrogen-bond donors (Lipinski definition) is 2. The summed E-state index contributed by atoms with van der Waals surface area (Å²) in [5, 5.41) is 12.2.